The Kier molecular flexibility index (Phi) is 4.53. The van der Waals surface area contributed by atoms with Gasteiger partial charge in [0.1, 0.15) is 18.0 Å². The SMILES string of the molecule is CC(=O)O[C@H]1CC[C@@]2(C)[C@@H](CC[C@@H]3[C@@H]2C(=O)C[C@@]2(C)[C@H]3C[C@H]3OC(C)=N[C@]32C(C)=O)C1. The fourth-order valence-electron chi connectivity index (χ4n) is 8.89. The number of Topliss-reactive ketones (excluding diaryl/α,β-unsaturated/α-hetero) is 2. The molecular formula is C25H35NO5. The highest BCUT2D eigenvalue weighted by atomic mass is 16.5. The zero-order valence-electron chi connectivity index (χ0n) is 19.4. The van der Waals surface area contributed by atoms with Crippen molar-refractivity contribution in [2.24, 2.45) is 39.5 Å². The second-order valence-corrected chi connectivity index (χ2v) is 11.4. The molecule has 4 saturated carbocycles. The molecule has 0 amide bonds. The van der Waals surface area contributed by atoms with Crippen LogP contribution in [0.15, 0.2) is 4.99 Å². The molecule has 5 rings (SSSR count). The quantitative estimate of drug-likeness (QED) is 0.622. The number of fused-ring (bicyclic) bond motifs is 7. The Morgan fingerprint density at radius 2 is 1.87 bits per heavy atom. The Morgan fingerprint density at radius 1 is 1.13 bits per heavy atom. The van der Waals surface area contributed by atoms with E-state index in [4.69, 9.17) is 14.5 Å². The molecule has 0 unspecified atom stereocenters. The summed E-state index contributed by atoms with van der Waals surface area (Å²) in [6.07, 6.45) is 5.61. The second kappa shape index (κ2) is 6.64. The van der Waals surface area contributed by atoms with Crippen molar-refractivity contribution in [3.63, 3.8) is 0 Å². The lowest BCUT2D eigenvalue weighted by molar-refractivity contribution is -0.170. The van der Waals surface area contributed by atoms with Gasteiger partial charge < -0.3 is 9.47 Å². The van der Waals surface area contributed by atoms with E-state index in [0.717, 1.165) is 38.5 Å². The Hall–Kier alpha value is -1.72. The smallest absolute Gasteiger partial charge is 0.302 e. The number of carbonyl (C=O) groups excluding carboxylic acids is 3. The highest BCUT2D eigenvalue weighted by Gasteiger charge is 2.74. The van der Waals surface area contributed by atoms with Gasteiger partial charge in [-0.15, -0.1) is 0 Å². The first kappa shape index (κ1) is 21.1. The van der Waals surface area contributed by atoms with E-state index in [-0.39, 0.29) is 47.1 Å². The Balaban J connectivity index is 1.48. The molecule has 5 aliphatic rings. The van der Waals surface area contributed by atoms with E-state index in [1.54, 1.807) is 6.92 Å². The van der Waals surface area contributed by atoms with Gasteiger partial charge in [-0.2, -0.15) is 0 Å². The Labute approximate surface area is 184 Å². The number of hydrogen-bond donors (Lipinski definition) is 0. The van der Waals surface area contributed by atoms with Gasteiger partial charge in [0.25, 0.3) is 0 Å². The maximum atomic E-state index is 13.8. The molecular weight excluding hydrogens is 394 g/mol. The molecule has 31 heavy (non-hydrogen) atoms. The summed E-state index contributed by atoms with van der Waals surface area (Å²) in [5.41, 5.74) is -1.44. The maximum Gasteiger partial charge on any atom is 0.302 e. The Morgan fingerprint density at radius 3 is 2.55 bits per heavy atom. The van der Waals surface area contributed by atoms with Gasteiger partial charge in [-0.25, -0.2) is 4.99 Å². The lowest BCUT2D eigenvalue weighted by Gasteiger charge is -2.60. The van der Waals surface area contributed by atoms with Crippen LogP contribution in [0, 0.1) is 34.5 Å². The van der Waals surface area contributed by atoms with E-state index >= 15 is 0 Å². The van der Waals surface area contributed by atoms with E-state index in [9.17, 15) is 14.4 Å². The van der Waals surface area contributed by atoms with Crippen LogP contribution >= 0.6 is 0 Å². The normalized spacial score (nSPS) is 50.4. The van der Waals surface area contributed by atoms with Gasteiger partial charge in [0.05, 0.1) is 0 Å². The fourth-order valence-corrected chi connectivity index (χ4v) is 8.89. The average Bonchev–Trinajstić information content (AvgIpc) is 3.12. The molecule has 9 atom stereocenters. The van der Waals surface area contributed by atoms with Crippen LogP contribution in [0.5, 0.6) is 0 Å². The van der Waals surface area contributed by atoms with Crippen LogP contribution in [-0.4, -0.2) is 41.2 Å². The predicted molar refractivity (Wildman–Crippen MR) is 114 cm³/mol. The third-order valence-electron chi connectivity index (χ3n) is 10.0. The molecule has 0 N–H and O–H groups in total. The monoisotopic (exact) mass is 429 g/mol. The van der Waals surface area contributed by atoms with Crippen LogP contribution < -0.4 is 0 Å². The minimum atomic E-state index is -0.910. The number of carbonyl (C=O) groups is 3. The van der Waals surface area contributed by atoms with Crippen LogP contribution in [0.1, 0.15) is 79.6 Å². The molecule has 0 bridgehead atoms. The minimum Gasteiger partial charge on any atom is -0.475 e. The van der Waals surface area contributed by atoms with E-state index in [0.29, 0.717) is 24.0 Å². The average molecular weight is 430 g/mol. The molecule has 6 nitrogen and oxygen atoms in total. The molecule has 170 valence electrons. The van der Waals surface area contributed by atoms with Gasteiger partial charge in [0, 0.05) is 31.6 Å². The van der Waals surface area contributed by atoms with Crippen LogP contribution in [0.3, 0.4) is 0 Å². The lowest BCUT2D eigenvalue weighted by Crippen LogP contribution is -2.62. The van der Waals surface area contributed by atoms with Crippen molar-refractivity contribution >= 4 is 23.4 Å². The molecule has 0 radical (unpaired) electrons. The second-order valence-electron chi connectivity index (χ2n) is 11.4. The first-order valence-corrected chi connectivity index (χ1v) is 12.0. The summed E-state index contributed by atoms with van der Waals surface area (Å²) >= 11 is 0. The van der Waals surface area contributed by atoms with Crippen molar-refractivity contribution in [2.75, 3.05) is 0 Å². The van der Waals surface area contributed by atoms with Gasteiger partial charge in [-0.05, 0) is 68.6 Å². The topological polar surface area (TPSA) is 82.0 Å². The summed E-state index contributed by atoms with van der Waals surface area (Å²) in [6, 6.07) is 0. The van der Waals surface area contributed by atoms with Crippen LogP contribution in [-0.2, 0) is 23.9 Å². The highest BCUT2D eigenvalue weighted by molar-refractivity contribution is 5.96. The van der Waals surface area contributed by atoms with Crippen molar-refractivity contribution in [3.05, 3.63) is 0 Å². The van der Waals surface area contributed by atoms with Gasteiger partial charge in [-0.3, -0.25) is 14.4 Å². The van der Waals surface area contributed by atoms with Crippen LogP contribution in [0.4, 0.5) is 0 Å². The summed E-state index contributed by atoms with van der Waals surface area (Å²) in [5, 5.41) is 0. The number of aliphatic imine (C=N–C) groups is 1. The number of esters is 1. The number of nitrogens with zero attached hydrogens (tertiary/aromatic N) is 1. The number of hydrogen-bond acceptors (Lipinski definition) is 6. The highest BCUT2D eigenvalue weighted by Crippen LogP contribution is 2.69. The third kappa shape index (κ3) is 2.62. The summed E-state index contributed by atoms with van der Waals surface area (Å²) < 4.78 is 11.6. The molecule has 4 fully saturated rings. The Bertz CT molecular complexity index is 881. The zero-order chi connectivity index (χ0) is 22.3. The predicted octanol–water partition coefficient (Wildman–Crippen LogP) is 3.89. The molecule has 1 aliphatic heterocycles. The van der Waals surface area contributed by atoms with Gasteiger partial charge in [-0.1, -0.05) is 13.8 Å². The van der Waals surface area contributed by atoms with E-state index in [1.165, 1.54) is 6.92 Å². The van der Waals surface area contributed by atoms with E-state index < -0.39 is 11.0 Å². The summed E-state index contributed by atoms with van der Waals surface area (Å²) in [7, 11) is 0. The molecule has 0 aromatic carbocycles. The summed E-state index contributed by atoms with van der Waals surface area (Å²) in [5.74, 6) is 1.68. The molecule has 0 saturated heterocycles. The van der Waals surface area contributed by atoms with Crippen LogP contribution in [0.2, 0.25) is 0 Å². The number of ether oxygens (including phenoxy) is 2. The molecule has 0 aromatic heterocycles. The van der Waals surface area contributed by atoms with Crippen molar-refractivity contribution < 1.29 is 23.9 Å². The van der Waals surface area contributed by atoms with E-state index in [2.05, 4.69) is 13.8 Å². The van der Waals surface area contributed by atoms with Gasteiger partial charge >= 0.3 is 5.97 Å². The van der Waals surface area contributed by atoms with Crippen molar-refractivity contribution in [3.8, 4) is 0 Å². The third-order valence-corrected chi connectivity index (χ3v) is 10.0. The van der Waals surface area contributed by atoms with Crippen molar-refractivity contribution in [1.82, 2.24) is 0 Å². The number of ketones is 2. The standard InChI is InChI=1S/C25H35NO5/c1-13(27)25-21(30-14(2)26-25)11-19-18-7-6-16-10-17(31-15(3)28)8-9-23(16,4)22(18)20(29)12-24(19,25)5/h16-19,21-22H,6-12H2,1-5H3/t16-,17-,18-,19-,21+,22+,23-,24-,25+/m0/s1. The maximum absolute atomic E-state index is 13.8. The molecule has 1 heterocycles. The summed E-state index contributed by atoms with van der Waals surface area (Å²) in [4.78, 5) is 43.1. The van der Waals surface area contributed by atoms with Crippen LogP contribution in [0.25, 0.3) is 0 Å². The molecule has 0 aromatic rings. The van der Waals surface area contributed by atoms with Gasteiger partial charge in [0.2, 0.25) is 0 Å². The van der Waals surface area contributed by atoms with Crippen molar-refractivity contribution in [1.29, 1.82) is 0 Å². The first-order valence-electron chi connectivity index (χ1n) is 12.0. The molecule has 4 aliphatic carbocycles. The lowest BCUT2D eigenvalue weighted by atomic mass is 9.43. The minimum absolute atomic E-state index is 0.0198. The van der Waals surface area contributed by atoms with Gasteiger partial charge in [0.15, 0.2) is 17.2 Å². The summed E-state index contributed by atoms with van der Waals surface area (Å²) in [6.45, 7) is 9.35. The first-order chi connectivity index (χ1) is 14.5. The fraction of sp³-hybridized carbons (Fsp3) is 0.840. The van der Waals surface area contributed by atoms with E-state index in [1.807, 2.05) is 6.92 Å². The van der Waals surface area contributed by atoms with Crippen molar-refractivity contribution in [2.45, 2.75) is 97.3 Å². The molecule has 0 spiro atoms. The molecule has 6 heteroatoms. The zero-order valence-corrected chi connectivity index (χ0v) is 19.4. The largest absolute Gasteiger partial charge is 0.475 e. The number of rotatable bonds is 2.